The average Bonchev–Trinajstić information content (AvgIpc) is 2.44. The molecule has 0 fully saturated rings. The Kier molecular flexibility index (Phi) is 2.00. The summed E-state index contributed by atoms with van der Waals surface area (Å²) in [4.78, 5) is 4.27. The van der Waals surface area contributed by atoms with Crippen LogP contribution in [0.15, 0.2) is 18.3 Å². The molecule has 0 aromatic carbocycles. The molecule has 68 valence electrons. The molecule has 0 amide bonds. The molecule has 2 heterocycles. The molecule has 0 spiro atoms. The van der Waals surface area contributed by atoms with E-state index < -0.39 is 0 Å². The highest BCUT2D eigenvalue weighted by atomic mass is 35.5. The lowest BCUT2D eigenvalue weighted by molar-refractivity contribution is 0.865. The zero-order valence-electron chi connectivity index (χ0n) is 7.71. The first-order chi connectivity index (χ1) is 6.24. The molecule has 0 bridgehead atoms. The first kappa shape index (κ1) is 8.57. The summed E-state index contributed by atoms with van der Waals surface area (Å²) in [7, 11) is 2.02. The lowest BCUT2D eigenvalue weighted by Crippen LogP contribution is -1.93. The highest BCUT2D eigenvalue weighted by Gasteiger charge is 2.07. The number of fused-ring (bicyclic) bond motifs is 1. The van der Waals surface area contributed by atoms with Gasteiger partial charge in [-0.15, -0.1) is 0 Å². The van der Waals surface area contributed by atoms with E-state index >= 15 is 0 Å². The van der Waals surface area contributed by atoms with Crippen LogP contribution in [0.25, 0.3) is 11.0 Å². The number of halogens is 1. The van der Waals surface area contributed by atoms with Gasteiger partial charge >= 0.3 is 0 Å². The Morgan fingerprint density at radius 2 is 2.31 bits per heavy atom. The van der Waals surface area contributed by atoms with Gasteiger partial charge in [-0.3, -0.25) is 4.98 Å². The second-order valence-electron chi connectivity index (χ2n) is 3.07. The van der Waals surface area contributed by atoms with Crippen LogP contribution in [0.3, 0.4) is 0 Å². The second kappa shape index (κ2) is 3.04. The molecule has 2 aromatic rings. The van der Waals surface area contributed by atoms with Crippen LogP contribution in [0.2, 0.25) is 5.02 Å². The van der Waals surface area contributed by atoms with Crippen LogP contribution in [0.1, 0.15) is 12.6 Å². The van der Waals surface area contributed by atoms with E-state index in [4.69, 9.17) is 11.6 Å². The van der Waals surface area contributed by atoms with Gasteiger partial charge in [0, 0.05) is 18.9 Å². The molecule has 0 aliphatic heterocycles. The van der Waals surface area contributed by atoms with Crippen molar-refractivity contribution >= 4 is 22.6 Å². The van der Waals surface area contributed by atoms with Gasteiger partial charge in [0.15, 0.2) is 0 Å². The number of nitrogens with zero attached hydrogens (tertiary/aromatic N) is 2. The van der Waals surface area contributed by atoms with Crippen LogP contribution < -0.4 is 0 Å². The fourth-order valence-electron chi connectivity index (χ4n) is 1.62. The van der Waals surface area contributed by atoms with Gasteiger partial charge in [-0.05, 0) is 18.6 Å². The lowest BCUT2D eigenvalue weighted by atomic mass is 10.3. The minimum atomic E-state index is 0.771. The number of aromatic nitrogens is 2. The summed E-state index contributed by atoms with van der Waals surface area (Å²) in [6, 6.07) is 3.91. The maximum absolute atomic E-state index is 6.07. The molecule has 0 unspecified atom stereocenters. The molecule has 0 radical (unpaired) electrons. The fourth-order valence-corrected chi connectivity index (χ4v) is 1.90. The summed E-state index contributed by atoms with van der Waals surface area (Å²) < 4.78 is 2.10. The second-order valence-corrected chi connectivity index (χ2v) is 3.48. The highest BCUT2D eigenvalue weighted by Crippen LogP contribution is 2.24. The lowest BCUT2D eigenvalue weighted by Gasteiger charge is -2.01. The quantitative estimate of drug-likeness (QED) is 0.683. The Labute approximate surface area is 82.1 Å². The third kappa shape index (κ3) is 1.22. The predicted molar refractivity (Wildman–Crippen MR) is 55.1 cm³/mol. The van der Waals surface area contributed by atoms with Crippen LogP contribution in [-0.2, 0) is 13.5 Å². The third-order valence-corrected chi connectivity index (χ3v) is 2.64. The van der Waals surface area contributed by atoms with E-state index in [0.717, 1.165) is 22.5 Å². The number of hydrogen-bond acceptors (Lipinski definition) is 1. The monoisotopic (exact) mass is 194 g/mol. The smallest absolute Gasteiger partial charge is 0.0899 e. The van der Waals surface area contributed by atoms with E-state index in [1.165, 1.54) is 5.69 Å². The van der Waals surface area contributed by atoms with Gasteiger partial charge in [0.2, 0.25) is 0 Å². The Morgan fingerprint density at radius 1 is 1.54 bits per heavy atom. The zero-order chi connectivity index (χ0) is 9.42. The SMILES string of the molecule is CCc1cc2nccc(Cl)c2n1C. The van der Waals surface area contributed by atoms with E-state index in [1.807, 2.05) is 13.1 Å². The van der Waals surface area contributed by atoms with Gasteiger partial charge in [-0.2, -0.15) is 0 Å². The fraction of sp³-hybridized carbons (Fsp3) is 0.300. The van der Waals surface area contributed by atoms with Crippen molar-refractivity contribution in [1.29, 1.82) is 0 Å². The Bertz CT molecular complexity index is 445. The molecule has 0 saturated carbocycles. The molecule has 0 N–H and O–H groups in total. The molecule has 13 heavy (non-hydrogen) atoms. The topological polar surface area (TPSA) is 17.8 Å². The first-order valence-corrected chi connectivity index (χ1v) is 4.70. The third-order valence-electron chi connectivity index (χ3n) is 2.34. The van der Waals surface area contributed by atoms with Crippen molar-refractivity contribution in [2.75, 3.05) is 0 Å². The summed E-state index contributed by atoms with van der Waals surface area (Å²) in [6.45, 7) is 2.13. The number of rotatable bonds is 1. The molecule has 0 atom stereocenters. The largest absolute Gasteiger partial charge is 0.345 e. The van der Waals surface area contributed by atoms with E-state index in [0.29, 0.717) is 0 Å². The van der Waals surface area contributed by atoms with Crippen molar-refractivity contribution in [3.63, 3.8) is 0 Å². The van der Waals surface area contributed by atoms with E-state index in [-0.39, 0.29) is 0 Å². The Hall–Kier alpha value is -1.02. The molecule has 2 aromatic heterocycles. The minimum Gasteiger partial charge on any atom is -0.345 e. The van der Waals surface area contributed by atoms with Gasteiger partial charge in [0.05, 0.1) is 16.1 Å². The number of pyridine rings is 1. The summed E-state index contributed by atoms with van der Waals surface area (Å²) >= 11 is 6.07. The Morgan fingerprint density at radius 3 is 2.92 bits per heavy atom. The van der Waals surface area contributed by atoms with Gasteiger partial charge in [-0.1, -0.05) is 18.5 Å². The summed E-state index contributed by atoms with van der Waals surface area (Å²) in [5.41, 5.74) is 3.27. The van der Waals surface area contributed by atoms with Gasteiger partial charge < -0.3 is 4.57 Å². The highest BCUT2D eigenvalue weighted by molar-refractivity contribution is 6.34. The van der Waals surface area contributed by atoms with Crippen molar-refractivity contribution in [3.05, 3.63) is 29.0 Å². The van der Waals surface area contributed by atoms with Gasteiger partial charge in [-0.25, -0.2) is 0 Å². The van der Waals surface area contributed by atoms with Crippen molar-refractivity contribution in [3.8, 4) is 0 Å². The molecule has 2 rings (SSSR count). The van der Waals surface area contributed by atoms with Crippen molar-refractivity contribution < 1.29 is 0 Å². The van der Waals surface area contributed by atoms with Crippen LogP contribution in [-0.4, -0.2) is 9.55 Å². The Balaban J connectivity index is 2.85. The minimum absolute atomic E-state index is 0.771. The molecular weight excluding hydrogens is 184 g/mol. The van der Waals surface area contributed by atoms with E-state index in [9.17, 15) is 0 Å². The van der Waals surface area contributed by atoms with Crippen LogP contribution in [0.5, 0.6) is 0 Å². The van der Waals surface area contributed by atoms with Crippen LogP contribution >= 0.6 is 11.6 Å². The van der Waals surface area contributed by atoms with Crippen LogP contribution in [0.4, 0.5) is 0 Å². The maximum Gasteiger partial charge on any atom is 0.0899 e. The van der Waals surface area contributed by atoms with Crippen LogP contribution in [0, 0.1) is 0 Å². The summed E-state index contributed by atoms with van der Waals surface area (Å²) in [6.07, 6.45) is 2.74. The first-order valence-electron chi connectivity index (χ1n) is 4.33. The van der Waals surface area contributed by atoms with E-state index in [1.54, 1.807) is 6.20 Å². The normalized spacial score (nSPS) is 11.0. The van der Waals surface area contributed by atoms with Gasteiger partial charge in [0.25, 0.3) is 0 Å². The summed E-state index contributed by atoms with van der Waals surface area (Å²) in [5.74, 6) is 0. The molecule has 3 heteroatoms. The summed E-state index contributed by atoms with van der Waals surface area (Å²) in [5, 5.41) is 0.771. The average molecular weight is 195 g/mol. The van der Waals surface area contributed by atoms with Gasteiger partial charge in [0.1, 0.15) is 0 Å². The molecule has 0 aliphatic rings. The van der Waals surface area contributed by atoms with Crippen molar-refractivity contribution in [1.82, 2.24) is 9.55 Å². The number of hydrogen-bond donors (Lipinski definition) is 0. The molecule has 2 nitrogen and oxygen atoms in total. The zero-order valence-corrected chi connectivity index (χ0v) is 8.47. The molecule has 0 saturated heterocycles. The van der Waals surface area contributed by atoms with E-state index in [2.05, 4.69) is 22.5 Å². The van der Waals surface area contributed by atoms with Crippen molar-refractivity contribution in [2.45, 2.75) is 13.3 Å². The van der Waals surface area contributed by atoms with Crippen molar-refractivity contribution in [2.24, 2.45) is 7.05 Å². The number of aryl methyl sites for hydroxylation is 2. The predicted octanol–water partition coefficient (Wildman–Crippen LogP) is 2.79. The molecular formula is C10H11ClN2. The molecule has 0 aliphatic carbocycles. The standard InChI is InChI=1S/C10H11ClN2/c1-3-7-6-9-10(13(7)2)8(11)4-5-12-9/h4-6H,3H2,1-2H3. The maximum atomic E-state index is 6.07.